The molecule has 4 aromatic rings. The Balaban J connectivity index is 1.41. The van der Waals surface area contributed by atoms with Gasteiger partial charge in [0.15, 0.2) is 11.5 Å². The Labute approximate surface area is 193 Å². The Kier molecular flexibility index (Phi) is 4.85. The lowest BCUT2D eigenvalue weighted by molar-refractivity contribution is -0.231. The fraction of sp³-hybridized carbons (Fsp3) is 0.391. The summed E-state index contributed by atoms with van der Waals surface area (Å²) < 4.78 is 40.3. The molecule has 1 atom stereocenters. The number of halogens is 2. The Morgan fingerprint density at radius 1 is 1.18 bits per heavy atom. The summed E-state index contributed by atoms with van der Waals surface area (Å²) in [5.41, 5.74) is 1.65. The molecule has 2 saturated heterocycles. The van der Waals surface area contributed by atoms with Crippen LogP contribution >= 0.6 is 0 Å². The topological polar surface area (TPSA) is 89.7 Å². The Bertz CT molecular complexity index is 1390. The number of nitrogens with zero attached hydrogens (tertiary/aromatic N) is 6. The third-order valence-corrected chi connectivity index (χ3v) is 6.32. The predicted molar refractivity (Wildman–Crippen MR) is 122 cm³/mol. The summed E-state index contributed by atoms with van der Waals surface area (Å²) in [7, 11) is 1.72. The number of pyridine rings is 3. The lowest BCUT2D eigenvalue weighted by Gasteiger charge is -2.50. The van der Waals surface area contributed by atoms with Crippen LogP contribution < -0.4 is 10.2 Å². The van der Waals surface area contributed by atoms with Gasteiger partial charge in [0, 0.05) is 42.3 Å². The van der Waals surface area contributed by atoms with Gasteiger partial charge in [-0.1, -0.05) is 0 Å². The molecule has 9 nitrogen and oxygen atoms in total. The fourth-order valence-corrected chi connectivity index (χ4v) is 4.73. The number of nitrogens with one attached hydrogen (secondary N) is 1. The van der Waals surface area contributed by atoms with Crippen molar-refractivity contribution < 1.29 is 18.3 Å². The Morgan fingerprint density at radius 3 is 2.76 bits per heavy atom. The van der Waals surface area contributed by atoms with E-state index in [0.29, 0.717) is 41.5 Å². The van der Waals surface area contributed by atoms with Gasteiger partial charge in [0.2, 0.25) is 0 Å². The number of fused-ring (bicyclic) bond motifs is 2. The molecule has 1 N–H and O–H groups in total. The summed E-state index contributed by atoms with van der Waals surface area (Å²) >= 11 is 0. The Hall–Kier alpha value is -3.44. The molecule has 1 spiro atoms. The van der Waals surface area contributed by atoms with E-state index < -0.39 is 6.43 Å². The second-order valence-corrected chi connectivity index (χ2v) is 8.83. The number of hydrogen-bond acceptors (Lipinski definition) is 8. The highest BCUT2D eigenvalue weighted by molar-refractivity contribution is 5.97. The van der Waals surface area contributed by atoms with E-state index in [4.69, 9.17) is 9.47 Å². The highest BCUT2D eigenvalue weighted by atomic mass is 19.3. The maximum atomic E-state index is 13.6. The monoisotopic (exact) mass is 467 g/mol. The van der Waals surface area contributed by atoms with Crippen molar-refractivity contribution in [3.05, 3.63) is 42.5 Å². The number of alkyl halides is 2. The van der Waals surface area contributed by atoms with Crippen LogP contribution in [0.25, 0.3) is 27.8 Å². The van der Waals surface area contributed by atoms with Gasteiger partial charge < -0.3 is 19.7 Å². The summed E-state index contributed by atoms with van der Waals surface area (Å²) in [5.74, 6) is 0.962. The minimum Gasteiger partial charge on any atom is -0.375 e. The van der Waals surface area contributed by atoms with E-state index in [0.717, 1.165) is 18.8 Å². The summed E-state index contributed by atoms with van der Waals surface area (Å²) in [6.07, 6.45) is 2.12. The van der Waals surface area contributed by atoms with E-state index in [-0.39, 0.29) is 22.8 Å². The molecule has 1 unspecified atom stereocenters. The highest BCUT2D eigenvalue weighted by Crippen LogP contribution is 2.34. The first kappa shape index (κ1) is 21.1. The molecular formula is C23H23F2N7O2. The van der Waals surface area contributed by atoms with Crippen LogP contribution in [0.15, 0.2) is 36.8 Å². The highest BCUT2D eigenvalue weighted by Gasteiger charge is 2.46. The molecule has 2 aliphatic heterocycles. The van der Waals surface area contributed by atoms with Crippen molar-refractivity contribution >= 4 is 27.9 Å². The molecule has 2 aliphatic rings. The summed E-state index contributed by atoms with van der Waals surface area (Å²) in [6, 6.07) is 5.63. The third kappa shape index (κ3) is 3.43. The third-order valence-electron chi connectivity index (χ3n) is 6.32. The van der Waals surface area contributed by atoms with Gasteiger partial charge in [0.05, 0.1) is 37.7 Å². The van der Waals surface area contributed by atoms with Gasteiger partial charge in [-0.25, -0.2) is 23.3 Å². The van der Waals surface area contributed by atoms with E-state index in [2.05, 4.69) is 37.2 Å². The van der Waals surface area contributed by atoms with E-state index >= 15 is 0 Å². The van der Waals surface area contributed by atoms with Crippen molar-refractivity contribution in [1.29, 1.82) is 0 Å². The molecule has 0 bridgehead atoms. The van der Waals surface area contributed by atoms with Crippen LogP contribution in [-0.4, -0.2) is 69.6 Å². The number of anilines is 2. The molecule has 0 amide bonds. The van der Waals surface area contributed by atoms with Crippen molar-refractivity contribution in [2.45, 2.75) is 25.1 Å². The van der Waals surface area contributed by atoms with E-state index in [9.17, 15) is 8.78 Å². The van der Waals surface area contributed by atoms with Gasteiger partial charge in [-0.3, -0.25) is 4.98 Å². The van der Waals surface area contributed by atoms with Gasteiger partial charge in [-0.05, 0) is 25.1 Å². The van der Waals surface area contributed by atoms with Crippen molar-refractivity contribution in [2.75, 3.05) is 43.6 Å². The zero-order valence-electron chi connectivity index (χ0n) is 18.7. The second kappa shape index (κ2) is 7.81. The van der Waals surface area contributed by atoms with Crippen molar-refractivity contribution in [1.82, 2.24) is 24.6 Å². The molecule has 6 heterocycles. The van der Waals surface area contributed by atoms with Crippen molar-refractivity contribution in [2.24, 2.45) is 0 Å². The molecule has 6 rings (SSSR count). The standard InChI is InChI=1S/C23H23F2N7O2/c1-13-8-31(10-23(34-13)11-33-12-23)14-3-4-19-29-22(30-32(19)9-14)17-7-28-20(21(24)25)16-6-27-18(26-2)5-15(16)17/h3-7,9,13,21H,8,10-12H2,1-2H3,(H,26,27). The summed E-state index contributed by atoms with van der Waals surface area (Å²) in [4.78, 5) is 15.1. The zero-order valence-corrected chi connectivity index (χ0v) is 18.7. The van der Waals surface area contributed by atoms with E-state index in [1.807, 2.05) is 18.3 Å². The van der Waals surface area contributed by atoms with Crippen LogP contribution in [0.4, 0.5) is 20.3 Å². The maximum Gasteiger partial charge on any atom is 0.281 e. The van der Waals surface area contributed by atoms with Crippen LogP contribution in [0, 0.1) is 0 Å². The molecule has 176 valence electrons. The average molecular weight is 467 g/mol. The first-order chi connectivity index (χ1) is 16.4. The van der Waals surface area contributed by atoms with Crippen LogP contribution in [0.2, 0.25) is 0 Å². The number of hydrogen-bond donors (Lipinski definition) is 1. The SMILES string of the molecule is CNc1cc2c(-c3nc4ccc(N5CC(C)OC6(COC6)C5)cn4n3)cnc(C(F)F)c2cn1. The van der Waals surface area contributed by atoms with E-state index in [1.54, 1.807) is 17.6 Å². The summed E-state index contributed by atoms with van der Waals surface area (Å²) in [5, 5.41) is 8.45. The van der Waals surface area contributed by atoms with E-state index in [1.165, 1.54) is 12.4 Å². The van der Waals surface area contributed by atoms with Gasteiger partial charge >= 0.3 is 0 Å². The van der Waals surface area contributed by atoms with Gasteiger partial charge in [0.25, 0.3) is 6.43 Å². The quantitative estimate of drug-likeness (QED) is 0.489. The first-order valence-corrected chi connectivity index (χ1v) is 11.1. The summed E-state index contributed by atoms with van der Waals surface area (Å²) in [6.45, 7) is 4.77. The molecule has 11 heteroatoms. The molecular weight excluding hydrogens is 444 g/mol. The largest absolute Gasteiger partial charge is 0.375 e. The second-order valence-electron chi connectivity index (χ2n) is 8.83. The molecule has 0 aliphatic carbocycles. The normalized spacial score (nSPS) is 19.8. The smallest absolute Gasteiger partial charge is 0.281 e. The van der Waals surface area contributed by atoms with Crippen molar-refractivity contribution in [3.63, 3.8) is 0 Å². The minimum absolute atomic E-state index is 0.0837. The zero-order chi connectivity index (χ0) is 23.4. The predicted octanol–water partition coefficient (Wildman–Crippen LogP) is 3.31. The Morgan fingerprint density at radius 2 is 2.03 bits per heavy atom. The number of ether oxygens (including phenoxy) is 2. The van der Waals surface area contributed by atoms with Gasteiger partial charge in [0.1, 0.15) is 17.1 Å². The number of rotatable bonds is 4. The minimum atomic E-state index is -2.71. The molecule has 2 fully saturated rings. The first-order valence-electron chi connectivity index (χ1n) is 11.1. The molecule has 4 aromatic heterocycles. The molecule has 0 radical (unpaired) electrons. The van der Waals surface area contributed by atoms with Crippen LogP contribution in [0.3, 0.4) is 0 Å². The molecule has 0 saturated carbocycles. The lowest BCUT2D eigenvalue weighted by atomic mass is 9.98. The average Bonchev–Trinajstić information content (AvgIpc) is 3.24. The van der Waals surface area contributed by atoms with Gasteiger partial charge in [-0.2, -0.15) is 0 Å². The number of morpholine rings is 1. The van der Waals surface area contributed by atoms with Gasteiger partial charge in [-0.15, -0.1) is 5.10 Å². The number of aromatic nitrogens is 5. The lowest BCUT2D eigenvalue weighted by Crippen LogP contribution is -2.65. The van der Waals surface area contributed by atoms with Crippen LogP contribution in [0.1, 0.15) is 19.0 Å². The van der Waals surface area contributed by atoms with Crippen LogP contribution in [-0.2, 0) is 9.47 Å². The maximum absolute atomic E-state index is 13.6. The van der Waals surface area contributed by atoms with Crippen molar-refractivity contribution in [3.8, 4) is 11.4 Å². The molecule has 34 heavy (non-hydrogen) atoms. The fourth-order valence-electron chi connectivity index (χ4n) is 4.73. The molecule has 0 aromatic carbocycles. The van der Waals surface area contributed by atoms with Crippen LogP contribution in [0.5, 0.6) is 0 Å².